The molecule has 5 heteroatoms. The summed E-state index contributed by atoms with van der Waals surface area (Å²) >= 11 is 0. The van der Waals surface area contributed by atoms with Crippen molar-refractivity contribution < 1.29 is 19.0 Å². The molecule has 0 aliphatic rings. The highest BCUT2D eigenvalue weighted by molar-refractivity contribution is 5.94. The van der Waals surface area contributed by atoms with Crippen molar-refractivity contribution in [2.45, 2.75) is 20.3 Å². The normalized spacial score (nSPS) is 10.2. The van der Waals surface area contributed by atoms with Crippen LogP contribution >= 0.6 is 0 Å². The summed E-state index contributed by atoms with van der Waals surface area (Å²) in [6, 6.07) is 5.04. The zero-order chi connectivity index (χ0) is 14.1. The molecule has 0 aliphatic heterocycles. The Labute approximate surface area is 113 Å². The molecule has 2 N–H and O–H groups in total. The topological polar surface area (TPSA) is 70.8 Å². The Balaban J connectivity index is 2.58. The molecule has 1 aromatic carbocycles. The summed E-state index contributed by atoms with van der Waals surface area (Å²) in [5.74, 6) is -0.0351. The molecule has 0 aromatic heterocycles. The smallest absolute Gasteiger partial charge is 0.342 e. The van der Waals surface area contributed by atoms with Crippen molar-refractivity contribution in [1.82, 2.24) is 0 Å². The summed E-state index contributed by atoms with van der Waals surface area (Å²) in [6.07, 6.45) is 0.672. The average Bonchev–Trinajstić information content (AvgIpc) is 2.41. The van der Waals surface area contributed by atoms with E-state index in [1.54, 1.807) is 18.2 Å². The third-order valence-electron chi connectivity index (χ3n) is 2.42. The van der Waals surface area contributed by atoms with Gasteiger partial charge in [0.2, 0.25) is 0 Å². The molecule has 0 aliphatic carbocycles. The van der Waals surface area contributed by atoms with Gasteiger partial charge >= 0.3 is 5.97 Å². The van der Waals surface area contributed by atoms with E-state index in [-0.39, 0.29) is 0 Å². The van der Waals surface area contributed by atoms with E-state index in [9.17, 15) is 4.79 Å². The molecule has 0 saturated carbocycles. The lowest BCUT2D eigenvalue weighted by atomic mass is 10.1. The van der Waals surface area contributed by atoms with E-state index in [2.05, 4.69) is 0 Å². The Kier molecular flexibility index (Phi) is 6.74. The van der Waals surface area contributed by atoms with Crippen molar-refractivity contribution in [3.05, 3.63) is 23.8 Å². The molecule has 0 unspecified atom stereocenters. The van der Waals surface area contributed by atoms with E-state index < -0.39 is 5.97 Å². The zero-order valence-electron chi connectivity index (χ0n) is 11.5. The Morgan fingerprint density at radius 3 is 2.68 bits per heavy atom. The maximum Gasteiger partial charge on any atom is 0.342 e. The molecule has 0 atom stereocenters. The van der Waals surface area contributed by atoms with Gasteiger partial charge in [-0.15, -0.1) is 0 Å². The van der Waals surface area contributed by atoms with Crippen molar-refractivity contribution in [2.75, 3.05) is 32.2 Å². The summed E-state index contributed by atoms with van der Waals surface area (Å²) in [4.78, 5) is 11.9. The standard InChI is InChI=1S/C14H21NO4/c1-3-17-9-6-10-19-14(16)11-7-5-8-12(15)13(11)18-4-2/h5,7-8H,3-4,6,9-10,15H2,1-2H3. The van der Waals surface area contributed by atoms with Gasteiger partial charge in [-0.3, -0.25) is 0 Å². The molecule has 0 fully saturated rings. The van der Waals surface area contributed by atoms with Crippen molar-refractivity contribution in [3.8, 4) is 5.75 Å². The molecule has 0 saturated heterocycles. The molecule has 0 bridgehead atoms. The molecule has 1 rings (SSSR count). The first kappa shape index (κ1) is 15.3. The van der Waals surface area contributed by atoms with Crippen molar-refractivity contribution in [2.24, 2.45) is 0 Å². The van der Waals surface area contributed by atoms with Crippen LogP contribution in [0.15, 0.2) is 18.2 Å². The summed E-state index contributed by atoms with van der Waals surface area (Å²) in [5.41, 5.74) is 6.58. The quantitative estimate of drug-likeness (QED) is 0.444. The van der Waals surface area contributed by atoms with E-state index in [0.29, 0.717) is 49.8 Å². The monoisotopic (exact) mass is 267 g/mol. The van der Waals surface area contributed by atoms with Gasteiger partial charge < -0.3 is 19.9 Å². The molecule has 1 aromatic rings. The van der Waals surface area contributed by atoms with Gasteiger partial charge in [0.05, 0.1) is 18.9 Å². The first-order valence-corrected chi connectivity index (χ1v) is 6.46. The number of benzene rings is 1. The number of para-hydroxylation sites is 1. The van der Waals surface area contributed by atoms with Gasteiger partial charge in [-0.2, -0.15) is 0 Å². The van der Waals surface area contributed by atoms with Crippen molar-refractivity contribution >= 4 is 11.7 Å². The van der Waals surface area contributed by atoms with Gasteiger partial charge in [-0.25, -0.2) is 4.79 Å². The number of anilines is 1. The molecular formula is C14H21NO4. The van der Waals surface area contributed by atoms with E-state index in [4.69, 9.17) is 19.9 Å². The number of hydrogen-bond acceptors (Lipinski definition) is 5. The highest BCUT2D eigenvalue weighted by atomic mass is 16.5. The number of rotatable bonds is 8. The van der Waals surface area contributed by atoms with E-state index >= 15 is 0 Å². The fourth-order valence-electron chi connectivity index (χ4n) is 1.57. The number of hydrogen-bond donors (Lipinski definition) is 1. The molecule has 106 valence electrons. The third-order valence-corrected chi connectivity index (χ3v) is 2.42. The lowest BCUT2D eigenvalue weighted by Gasteiger charge is -2.12. The first-order valence-electron chi connectivity index (χ1n) is 6.46. The SMILES string of the molecule is CCOCCCOC(=O)c1cccc(N)c1OCC. The number of nitrogens with two attached hydrogens (primary N) is 1. The highest BCUT2D eigenvalue weighted by Gasteiger charge is 2.15. The number of nitrogen functional groups attached to an aromatic ring is 1. The number of carbonyl (C=O) groups is 1. The number of ether oxygens (including phenoxy) is 3. The van der Waals surface area contributed by atoms with Crippen LogP contribution in [0.25, 0.3) is 0 Å². The van der Waals surface area contributed by atoms with Crippen molar-refractivity contribution in [3.63, 3.8) is 0 Å². The van der Waals surface area contributed by atoms with Crippen LogP contribution in [0.4, 0.5) is 5.69 Å². The number of carbonyl (C=O) groups excluding carboxylic acids is 1. The first-order chi connectivity index (χ1) is 9.20. The maximum atomic E-state index is 11.9. The predicted molar refractivity (Wildman–Crippen MR) is 73.4 cm³/mol. The molecule has 0 spiro atoms. The van der Waals surface area contributed by atoms with Crippen molar-refractivity contribution in [1.29, 1.82) is 0 Å². The second-order valence-electron chi connectivity index (χ2n) is 3.84. The maximum absolute atomic E-state index is 11.9. The minimum atomic E-state index is -0.424. The zero-order valence-corrected chi connectivity index (χ0v) is 11.5. The minimum absolute atomic E-state index is 0.319. The van der Waals surface area contributed by atoms with Gasteiger partial charge in [-0.05, 0) is 26.0 Å². The molecule has 5 nitrogen and oxygen atoms in total. The molecule has 0 amide bonds. The molecule has 0 heterocycles. The molecule has 0 radical (unpaired) electrons. The Bertz CT molecular complexity index is 406. The lowest BCUT2D eigenvalue weighted by molar-refractivity contribution is 0.0448. The van der Waals surface area contributed by atoms with E-state index in [1.807, 2.05) is 13.8 Å². The van der Waals surface area contributed by atoms with Crippen LogP contribution in [0.1, 0.15) is 30.6 Å². The Morgan fingerprint density at radius 1 is 1.21 bits per heavy atom. The Morgan fingerprint density at radius 2 is 2.00 bits per heavy atom. The number of esters is 1. The molecular weight excluding hydrogens is 246 g/mol. The van der Waals surface area contributed by atoms with Gasteiger partial charge in [0.25, 0.3) is 0 Å². The summed E-state index contributed by atoms with van der Waals surface area (Å²) < 4.78 is 15.7. The van der Waals surface area contributed by atoms with Gasteiger partial charge in [0.1, 0.15) is 5.56 Å². The lowest BCUT2D eigenvalue weighted by Crippen LogP contribution is -2.11. The van der Waals surface area contributed by atoms with E-state index in [0.717, 1.165) is 0 Å². The van der Waals surface area contributed by atoms with Gasteiger partial charge in [-0.1, -0.05) is 6.07 Å². The summed E-state index contributed by atoms with van der Waals surface area (Å²) in [7, 11) is 0. The fraction of sp³-hybridized carbons (Fsp3) is 0.500. The van der Waals surface area contributed by atoms with Crippen LogP contribution in [0, 0.1) is 0 Å². The van der Waals surface area contributed by atoms with Crippen LogP contribution in [0.2, 0.25) is 0 Å². The fourth-order valence-corrected chi connectivity index (χ4v) is 1.57. The summed E-state index contributed by atoms with van der Waals surface area (Å²) in [6.45, 7) is 5.77. The van der Waals surface area contributed by atoms with E-state index in [1.165, 1.54) is 0 Å². The van der Waals surface area contributed by atoms with Crippen LogP contribution < -0.4 is 10.5 Å². The predicted octanol–water partition coefficient (Wildman–Crippen LogP) is 2.25. The van der Waals surface area contributed by atoms with Crippen LogP contribution in [0.5, 0.6) is 5.75 Å². The second-order valence-corrected chi connectivity index (χ2v) is 3.84. The van der Waals surface area contributed by atoms with Crippen LogP contribution in [-0.2, 0) is 9.47 Å². The van der Waals surface area contributed by atoms with Crippen LogP contribution in [0.3, 0.4) is 0 Å². The Hall–Kier alpha value is -1.75. The molecule has 19 heavy (non-hydrogen) atoms. The minimum Gasteiger partial charge on any atom is -0.491 e. The highest BCUT2D eigenvalue weighted by Crippen LogP contribution is 2.26. The summed E-state index contributed by atoms with van der Waals surface area (Å²) in [5, 5.41) is 0. The van der Waals surface area contributed by atoms with Gasteiger partial charge in [0.15, 0.2) is 5.75 Å². The third kappa shape index (κ3) is 4.79. The second kappa shape index (κ2) is 8.37. The average molecular weight is 267 g/mol. The van der Waals surface area contributed by atoms with Gasteiger partial charge in [0, 0.05) is 19.6 Å². The largest absolute Gasteiger partial charge is 0.491 e. The van der Waals surface area contributed by atoms with Crippen LogP contribution in [-0.4, -0.2) is 32.4 Å².